The number of pyridine rings is 1. The molecule has 6 heteroatoms. The molecule has 0 aliphatic rings. The van der Waals surface area contributed by atoms with Gasteiger partial charge in [-0.25, -0.2) is 9.59 Å². The van der Waals surface area contributed by atoms with Crippen molar-refractivity contribution in [1.82, 2.24) is 15.6 Å². The largest absolute Gasteiger partial charge is 0.480 e. The number of aromatic nitrogens is 1. The van der Waals surface area contributed by atoms with Crippen LogP contribution in [0.4, 0.5) is 4.79 Å². The maximum atomic E-state index is 11.6. The molecule has 0 aliphatic heterocycles. The predicted molar refractivity (Wildman–Crippen MR) is 70.7 cm³/mol. The van der Waals surface area contributed by atoms with Gasteiger partial charge in [-0.2, -0.15) is 0 Å². The fourth-order valence-corrected chi connectivity index (χ4v) is 1.50. The number of amides is 2. The zero-order valence-corrected chi connectivity index (χ0v) is 11.4. The molecule has 1 aromatic heterocycles. The molecule has 2 amide bonds. The van der Waals surface area contributed by atoms with Gasteiger partial charge in [0.25, 0.3) is 0 Å². The van der Waals surface area contributed by atoms with E-state index in [2.05, 4.69) is 15.6 Å². The lowest BCUT2D eigenvalue weighted by molar-refractivity contribution is -0.142. The lowest BCUT2D eigenvalue weighted by atomic mass is 10.1. The van der Waals surface area contributed by atoms with Crippen molar-refractivity contribution in [2.45, 2.75) is 39.3 Å². The lowest BCUT2D eigenvalue weighted by Crippen LogP contribution is -2.53. The number of hydrogen-bond acceptors (Lipinski definition) is 3. The summed E-state index contributed by atoms with van der Waals surface area (Å²) in [5, 5.41) is 13.9. The van der Waals surface area contributed by atoms with Crippen LogP contribution in [0.15, 0.2) is 18.3 Å². The van der Waals surface area contributed by atoms with E-state index >= 15 is 0 Å². The number of urea groups is 1. The second-order valence-electron chi connectivity index (χ2n) is 4.70. The third-order valence-corrected chi connectivity index (χ3v) is 2.74. The number of aryl methyl sites for hydroxylation is 1. The number of nitrogens with one attached hydrogen (secondary N) is 2. The fourth-order valence-electron chi connectivity index (χ4n) is 1.50. The molecule has 6 nitrogen and oxygen atoms in total. The van der Waals surface area contributed by atoms with Gasteiger partial charge < -0.3 is 15.7 Å². The van der Waals surface area contributed by atoms with Crippen LogP contribution < -0.4 is 10.6 Å². The number of carboxylic acids is 1. The molecule has 104 valence electrons. The molecule has 0 aromatic carbocycles. The molecule has 19 heavy (non-hydrogen) atoms. The first-order chi connectivity index (χ1) is 8.86. The number of nitrogens with zero attached hydrogens (tertiary/aromatic N) is 1. The summed E-state index contributed by atoms with van der Waals surface area (Å²) in [4.78, 5) is 26.7. The number of rotatable bonds is 5. The standard InChI is InChI=1S/C13H19N3O3/c1-4-9-6-5-7-14-10(9)8-15-12(19)16-13(2,3)11(17)18/h5-7H,4,8H2,1-3H3,(H,17,18)(H2,15,16,19). The summed E-state index contributed by atoms with van der Waals surface area (Å²) >= 11 is 0. The van der Waals surface area contributed by atoms with Crippen molar-refractivity contribution in [2.75, 3.05) is 0 Å². The third-order valence-electron chi connectivity index (χ3n) is 2.74. The second kappa shape index (κ2) is 6.17. The van der Waals surface area contributed by atoms with Crippen LogP contribution in [0.5, 0.6) is 0 Å². The molecule has 0 saturated carbocycles. The Balaban J connectivity index is 2.58. The van der Waals surface area contributed by atoms with Crippen molar-refractivity contribution in [3.63, 3.8) is 0 Å². The topological polar surface area (TPSA) is 91.3 Å². The molecule has 1 heterocycles. The SMILES string of the molecule is CCc1cccnc1CNC(=O)NC(C)(C)C(=O)O. The number of carbonyl (C=O) groups excluding carboxylic acids is 1. The zero-order chi connectivity index (χ0) is 14.5. The average molecular weight is 265 g/mol. The highest BCUT2D eigenvalue weighted by Gasteiger charge is 2.28. The number of carboxylic acid groups (broad SMARTS) is 1. The van der Waals surface area contributed by atoms with Crippen molar-refractivity contribution in [3.05, 3.63) is 29.6 Å². The van der Waals surface area contributed by atoms with Crippen molar-refractivity contribution >= 4 is 12.0 Å². The van der Waals surface area contributed by atoms with Gasteiger partial charge in [0.2, 0.25) is 0 Å². The molecule has 0 fully saturated rings. The maximum Gasteiger partial charge on any atom is 0.328 e. The molecule has 0 radical (unpaired) electrons. The van der Waals surface area contributed by atoms with Crippen molar-refractivity contribution in [1.29, 1.82) is 0 Å². The molecule has 0 spiro atoms. The van der Waals surface area contributed by atoms with Gasteiger partial charge in [-0.05, 0) is 31.9 Å². The number of carbonyl (C=O) groups is 2. The van der Waals surface area contributed by atoms with Crippen molar-refractivity contribution in [3.8, 4) is 0 Å². The van der Waals surface area contributed by atoms with Gasteiger partial charge in [-0.3, -0.25) is 4.98 Å². The highest BCUT2D eigenvalue weighted by Crippen LogP contribution is 2.06. The fraction of sp³-hybridized carbons (Fsp3) is 0.462. The normalized spacial score (nSPS) is 10.9. The van der Waals surface area contributed by atoms with Gasteiger partial charge in [-0.15, -0.1) is 0 Å². The summed E-state index contributed by atoms with van der Waals surface area (Å²) < 4.78 is 0. The molecule has 0 bridgehead atoms. The zero-order valence-electron chi connectivity index (χ0n) is 11.4. The minimum Gasteiger partial charge on any atom is -0.480 e. The lowest BCUT2D eigenvalue weighted by Gasteiger charge is -2.21. The minimum atomic E-state index is -1.30. The smallest absolute Gasteiger partial charge is 0.328 e. The first kappa shape index (κ1) is 14.9. The van der Waals surface area contributed by atoms with Crippen LogP contribution >= 0.6 is 0 Å². The van der Waals surface area contributed by atoms with Crippen LogP contribution in [0.1, 0.15) is 32.0 Å². The highest BCUT2D eigenvalue weighted by molar-refractivity contribution is 5.85. The van der Waals surface area contributed by atoms with Crippen LogP contribution in [-0.2, 0) is 17.8 Å². The maximum absolute atomic E-state index is 11.6. The summed E-state index contributed by atoms with van der Waals surface area (Å²) in [6.45, 7) is 5.12. The molecule has 0 unspecified atom stereocenters. The quantitative estimate of drug-likeness (QED) is 0.748. The van der Waals surface area contributed by atoms with E-state index in [1.165, 1.54) is 13.8 Å². The van der Waals surface area contributed by atoms with Crippen molar-refractivity contribution in [2.24, 2.45) is 0 Å². The number of aliphatic carboxylic acids is 1. The highest BCUT2D eigenvalue weighted by atomic mass is 16.4. The Hall–Kier alpha value is -2.11. The molecular weight excluding hydrogens is 246 g/mol. The molecule has 0 saturated heterocycles. The molecule has 0 aliphatic carbocycles. The summed E-state index contributed by atoms with van der Waals surface area (Å²) in [6.07, 6.45) is 2.49. The molecule has 3 N–H and O–H groups in total. The van der Waals surface area contributed by atoms with E-state index in [0.29, 0.717) is 0 Å². The summed E-state index contributed by atoms with van der Waals surface area (Å²) in [6, 6.07) is 3.26. The summed E-state index contributed by atoms with van der Waals surface area (Å²) in [5.41, 5.74) is 0.537. The Morgan fingerprint density at radius 3 is 2.68 bits per heavy atom. The first-order valence-corrected chi connectivity index (χ1v) is 6.09. The van der Waals surface area contributed by atoms with Gasteiger partial charge in [-0.1, -0.05) is 13.0 Å². The van der Waals surface area contributed by atoms with E-state index in [1.54, 1.807) is 6.20 Å². The van der Waals surface area contributed by atoms with Gasteiger partial charge in [0.05, 0.1) is 12.2 Å². The Kier molecular flexibility index (Phi) is 4.86. The Morgan fingerprint density at radius 2 is 2.11 bits per heavy atom. The van der Waals surface area contributed by atoms with E-state index in [-0.39, 0.29) is 6.54 Å². The summed E-state index contributed by atoms with van der Waals surface area (Å²) in [5.74, 6) is -1.09. The monoisotopic (exact) mass is 265 g/mol. The Bertz CT molecular complexity index is 472. The van der Waals surface area contributed by atoms with Crippen molar-refractivity contribution < 1.29 is 14.7 Å². The Morgan fingerprint density at radius 1 is 1.42 bits per heavy atom. The van der Waals surface area contributed by atoms with Crippen LogP contribution in [0.2, 0.25) is 0 Å². The summed E-state index contributed by atoms with van der Waals surface area (Å²) in [7, 11) is 0. The molecule has 0 atom stereocenters. The van der Waals surface area contributed by atoms with Gasteiger partial charge in [0, 0.05) is 6.20 Å². The third kappa shape index (κ3) is 4.24. The van der Waals surface area contributed by atoms with E-state index in [4.69, 9.17) is 5.11 Å². The molecule has 1 aromatic rings. The Labute approximate surface area is 112 Å². The molecule has 1 rings (SSSR count). The van der Waals surface area contributed by atoms with Crippen LogP contribution in [-0.4, -0.2) is 27.6 Å². The van der Waals surface area contributed by atoms with Gasteiger partial charge >= 0.3 is 12.0 Å². The predicted octanol–water partition coefficient (Wildman–Crippen LogP) is 1.31. The first-order valence-electron chi connectivity index (χ1n) is 6.09. The number of hydrogen-bond donors (Lipinski definition) is 3. The molecular formula is C13H19N3O3. The van der Waals surface area contributed by atoms with E-state index in [9.17, 15) is 9.59 Å². The van der Waals surface area contributed by atoms with E-state index in [1.807, 2.05) is 19.1 Å². The second-order valence-corrected chi connectivity index (χ2v) is 4.70. The van der Waals surface area contributed by atoms with Gasteiger partial charge in [0.1, 0.15) is 5.54 Å². The van der Waals surface area contributed by atoms with Crippen LogP contribution in [0.25, 0.3) is 0 Å². The van der Waals surface area contributed by atoms with Crippen LogP contribution in [0, 0.1) is 0 Å². The van der Waals surface area contributed by atoms with E-state index < -0.39 is 17.5 Å². The van der Waals surface area contributed by atoms with E-state index in [0.717, 1.165) is 17.7 Å². The average Bonchev–Trinajstić information content (AvgIpc) is 2.36. The minimum absolute atomic E-state index is 0.269. The van der Waals surface area contributed by atoms with Crippen LogP contribution in [0.3, 0.4) is 0 Å². The van der Waals surface area contributed by atoms with Gasteiger partial charge in [0.15, 0.2) is 0 Å².